The van der Waals surface area contributed by atoms with Crippen LogP contribution in [0, 0.1) is 0 Å². The van der Waals surface area contributed by atoms with E-state index in [0.717, 1.165) is 4.68 Å². The van der Waals surface area contributed by atoms with Gasteiger partial charge in [0.15, 0.2) is 11.4 Å². The fraction of sp³-hybridized carbons (Fsp3) is 0.333. The molecule has 12 heteroatoms. The zero-order valence-corrected chi connectivity index (χ0v) is 18.2. The molecule has 1 fully saturated rings. The van der Waals surface area contributed by atoms with Crippen LogP contribution in [0.4, 0.5) is 24.5 Å². The summed E-state index contributed by atoms with van der Waals surface area (Å²) in [7, 11) is 0. The van der Waals surface area contributed by atoms with E-state index in [0.29, 0.717) is 25.1 Å². The Balaban J connectivity index is 1.55. The van der Waals surface area contributed by atoms with Crippen molar-refractivity contribution in [2.75, 3.05) is 10.6 Å². The van der Waals surface area contributed by atoms with Crippen molar-refractivity contribution < 1.29 is 22.8 Å². The van der Waals surface area contributed by atoms with E-state index in [1.54, 1.807) is 30.3 Å². The fourth-order valence-electron chi connectivity index (χ4n) is 3.38. The second kappa shape index (κ2) is 8.89. The number of nitrogens with one attached hydrogen (secondary N) is 2. The van der Waals surface area contributed by atoms with Crippen LogP contribution in [-0.2, 0) is 24.1 Å². The second-order valence-corrected chi connectivity index (χ2v) is 7.97. The summed E-state index contributed by atoms with van der Waals surface area (Å²) in [6.07, 6.45) is -1.89. The van der Waals surface area contributed by atoms with Crippen LogP contribution in [0.2, 0.25) is 5.02 Å². The van der Waals surface area contributed by atoms with Gasteiger partial charge in [0, 0.05) is 24.3 Å². The molecule has 0 bridgehead atoms. The average molecular weight is 481 g/mol. The number of hydrogen-bond donors (Lipinski definition) is 2. The van der Waals surface area contributed by atoms with Gasteiger partial charge in [-0.15, -0.1) is 0 Å². The summed E-state index contributed by atoms with van der Waals surface area (Å²) >= 11 is 5.96. The monoisotopic (exact) mass is 480 g/mol. The first-order valence-electron chi connectivity index (χ1n) is 10.2. The number of anilines is 2. The minimum Gasteiger partial charge on any atom is -0.321 e. The minimum absolute atomic E-state index is 0.0223. The molecule has 0 unspecified atom stereocenters. The molecule has 0 saturated heterocycles. The summed E-state index contributed by atoms with van der Waals surface area (Å²) in [5.74, 6) is -1.36. The standard InChI is InChI=1S/C21H20ClF3N6O2/c1-2-30-10-14(17(28-30)20(33)26-13-6-4-3-5-7-13)27-15(32)11-31-18(12-8-9-12)16(22)19(29-31)21(23,24)25/h3-7,10,12H,2,8-9,11H2,1H3,(H,26,33)(H,27,32). The number of nitrogens with zero attached hydrogens (tertiary/aromatic N) is 4. The molecule has 1 saturated carbocycles. The van der Waals surface area contributed by atoms with E-state index >= 15 is 0 Å². The molecule has 4 rings (SSSR count). The van der Waals surface area contributed by atoms with E-state index in [1.165, 1.54) is 10.9 Å². The zero-order valence-electron chi connectivity index (χ0n) is 17.5. The van der Waals surface area contributed by atoms with Gasteiger partial charge in [-0.25, -0.2) is 0 Å². The van der Waals surface area contributed by atoms with Crippen molar-refractivity contribution in [3.8, 4) is 0 Å². The molecule has 3 aromatic rings. The third-order valence-corrected chi connectivity index (χ3v) is 5.44. The Labute approximate surface area is 191 Å². The van der Waals surface area contributed by atoms with Gasteiger partial charge >= 0.3 is 6.18 Å². The maximum Gasteiger partial charge on any atom is 0.436 e. The van der Waals surface area contributed by atoms with E-state index in [1.807, 2.05) is 6.92 Å². The predicted molar refractivity (Wildman–Crippen MR) is 115 cm³/mol. The van der Waals surface area contributed by atoms with Gasteiger partial charge < -0.3 is 10.6 Å². The summed E-state index contributed by atoms with van der Waals surface area (Å²) in [4.78, 5) is 25.4. The molecule has 0 atom stereocenters. The highest BCUT2D eigenvalue weighted by molar-refractivity contribution is 6.32. The SMILES string of the molecule is CCn1cc(NC(=O)Cn2nc(C(F)(F)F)c(Cl)c2C2CC2)c(C(=O)Nc2ccccc2)n1. The predicted octanol–water partition coefficient (Wildman–Crippen LogP) is 4.54. The summed E-state index contributed by atoms with van der Waals surface area (Å²) in [5, 5.41) is 12.5. The minimum atomic E-state index is -4.73. The first kappa shape index (κ1) is 22.8. The molecule has 8 nitrogen and oxygen atoms in total. The zero-order chi connectivity index (χ0) is 23.8. The average Bonchev–Trinajstić information content (AvgIpc) is 3.41. The Morgan fingerprint density at radius 3 is 2.45 bits per heavy atom. The highest BCUT2D eigenvalue weighted by Crippen LogP contribution is 2.46. The molecule has 33 heavy (non-hydrogen) atoms. The largest absolute Gasteiger partial charge is 0.436 e. The van der Waals surface area contributed by atoms with Crippen LogP contribution in [0.15, 0.2) is 36.5 Å². The number of aryl methyl sites for hydroxylation is 1. The number of alkyl halides is 3. The molecule has 0 aliphatic heterocycles. The van der Waals surface area contributed by atoms with Crippen LogP contribution in [-0.4, -0.2) is 31.4 Å². The summed E-state index contributed by atoms with van der Waals surface area (Å²) in [5.41, 5.74) is -0.347. The molecule has 0 radical (unpaired) electrons. The maximum absolute atomic E-state index is 13.3. The highest BCUT2D eigenvalue weighted by atomic mass is 35.5. The molecule has 1 aliphatic carbocycles. The molecule has 0 spiro atoms. The van der Waals surface area contributed by atoms with Crippen LogP contribution in [0.5, 0.6) is 0 Å². The van der Waals surface area contributed by atoms with Crippen molar-refractivity contribution in [2.24, 2.45) is 0 Å². The molecular formula is C21H20ClF3N6O2. The molecule has 174 valence electrons. The van der Waals surface area contributed by atoms with Crippen molar-refractivity contribution >= 4 is 34.8 Å². The first-order chi connectivity index (χ1) is 15.7. The van der Waals surface area contributed by atoms with E-state index in [-0.39, 0.29) is 23.0 Å². The number of halogens is 4. The van der Waals surface area contributed by atoms with Gasteiger partial charge in [0.2, 0.25) is 5.91 Å². The maximum atomic E-state index is 13.3. The van der Waals surface area contributed by atoms with E-state index < -0.39 is 35.3 Å². The number of amides is 2. The lowest BCUT2D eigenvalue weighted by Gasteiger charge is -2.09. The molecule has 1 aliphatic rings. The number of carbonyl (C=O) groups is 2. The van der Waals surface area contributed by atoms with Gasteiger partial charge in [-0.3, -0.25) is 19.0 Å². The summed E-state index contributed by atoms with van der Waals surface area (Å²) < 4.78 is 42.2. The van der Waals surface area contributed by atoms with Crippen LogP contribution < -0.4 is 10.6 Å². The molecule has 1 aromatic carbocycles. The Hall–Kier alpha value is -3.34. The lowest BCUT2D eigenvalue weighted by atomic mass is 10.2. The van der Waals surface area contributed by atoms with Gasteiger partial charge in [-0.2, -0.15) is 23.4 Å². The van der Waals surface area contributed by atoms with Crippen molar-refractivity contribution in [1.82, 2.24) is 19.6 Å². The molecule has 2 N–H and O–H groups in total. The van der Waals surface area contributed by atoms with Crippen LogP contribution in [0.3, 0.4) is 0 Å². The number of hydrogen-bond acceptors (Lipinski definition) is 4. The van der Waals surface area contributed by atoms with E-state index in [2.05, 4.69) is 20.8 Å². The van der Waals surface area contributed by atoms with Crippen molar-refractivity contribution in [2.45, 2.75) is 44.9 Å². The van der Waals surface area contributed by atoms with E-state index in [4.69, 9.17) is 11.6 Å². The Bertz CT molecular complexity index is 1180. The molecule has 2 amide bonds. The van der Waals surface area contributed by atoms with Gasteiger partial charge in [0.25, 0.3) is 5.91 Å². The van der Waals surface area contributed by atoms with Gasteiger partial charge in [-0.1, -0.05) is 29.8 Å². The van der Waals surface area contributed by atoms with Crippen molar-refractivity contribution in [1.29, 1.82) is 0 Å². The highest BCUT2D eigenvalue weighted by Gasteiger charge is 2.42. The first-order valence-corrected chi connectivity index (χ1v) is 10.6. The molecule has 2 aromatic heterocycles. The van der Waals surface area contributed by atoms with Crippen molar-refractivity contribution in [3.63, 3.8) is 0 Å². The Morgan fingerprint density at radius 1 is 1.15 bits per heavy atom. The van der Waals surface area contributed by atoms with Crippen LogP contribution in [0.1, 0.15) is 47.6 Å². The Kier molecular flexibility index (Phi) is 6.15. The fourth-order valence-corrected chi connectivity index (χ4v) is 3.78. The normalized spacial score (nSPS) is 13.7. The molecular weight excluding hydrogens is 461 g/mol. The number of benzene rings is 1. The Morgan fingerprint density at radius 2 is 1.85 bits per heavy atom. The lowest BCUT2D eigenvalue weighted by molar-refractivity contribution is -0.141. The van der Waals surface area contributed by atoms with Gasteiger partial charge in [-0.05, 0) is 31.9 Å². The number of para-hydroxylation sites is 1. The van der Waals surface area contributed by atoms with Gasteiger partial charge in [0.1, 0.15) is 6.54 Å². The quantitative estimate of drug-likeness (QED) is 0.519. The smallest absolute Gasteiger partial charge is 0.321 e. The van der Waals surface area contributed by atoms with Crippen molar-refractivity contribution in [3.05, 3.63) is 58.6 Å². The topological polar surface area (TPSA) is 93.8 Å². The lowest BCUT2D eigenvalue weighted by Crippen LogP contribution is -2.23. The summed E-state index contributed by atoms with van der Waals surface area (Å²) in [6, 6.07) is 8.71. The third kappa shape index (κ3) is 5.03. The summed E-state index contributed by atoms with van der Waals surface area (Å²) in [6.45, 7) is 1.76. The second-order valence-electron chi connectivity index (χ2n) is 7.59. The van der Waals surface area contributed by atoms with Crippen LogP contribution >= 0.6 is 11.6 Å². The van der Waals surface area contributed by atoms with Gasteiger partial charge in [0.05, 0.1) is 16.4 Å². The molecule has 2 heterocycles. The number of aromatic nitrogens is 4. The van der Waals surface area contributed by atoms with E-state index in [9.17, 15) is 22.8 Å². The van der Waals surface area contributed by atoms with Crippen LogP contribution in [0.25, 0.3) is 0 Å². The number of carbonyl (C=O) groups excluding carboxylic acids is 2. The third-order valence-electron chi connectivity index (χ3n) is 5.06. The number of rotatable bonds is 7.